The summed E-state index contributed by atoms with van der Waals surface area (Å²) in [5.74, 6) is -4.39. The smallest absolute Gasteiger partial charge is 0.410 e. The van der Waals surface area contributed by atoms with E-state index in [-0.39, 0.29) is 36.7 Å². The Morgan fingerprint density at radius 2 is 1.66 bits per heavy atom. The minimum atomic E-state index is -0.951. The van der Waals surface area contributed by atoms with Crippen LogP contribution in [0.15, 0.2) is 85.1 Å². The summed E-state index contributed by atoms with van der Waals surface area (Å²) in [5, 5.41) is 0. The summed E-state index contributed by atoms with van der Waals surface area (Å²) >= 11 is 0. The molecule has 1 aromatic heterocycles. The fraction of sp³-hybridized carbons (Fsp3) is 0.297. The lowest BCUT2D eigenvalue weighted by atomic mass is 9.84. The number of nitrogens with zero attached hydrogens (tertiary/aromatic N) is 2. The molecular formula is C37H36F3N3O4. The molecule has 1 fully saturated rings. The molecule has 0 unspecified atom stereocenters. The lowest BCUT2D eigenvalue weighted by molar-refractivity contribution is -0.123. The Bertz CT molecular complexity index is 1770. The number of benzene rings is 3. The van der Waals surface area contributed by atoms with E-state index in [1.807, 2.05) is 30.3 Å². The van der Waals surface area contributed by atoms with Crippen molar-refractivity contribution in [2.24, 2.45) is 5.73 Å². The summed E-state index contributed by atoms with van der Waals surface area (Å²) in [5.41, 5.74) is 6.88. The van der Waals surface area contributed by atoms with E-state index in [0.717, 1.165) is 17.7 Å². The van der Waals surface area contributed by atoms with Gasteiger partial charge in [0.2, 0.25) is 0 Å². The molecule has 47 heavy (non-hydrogen) atoms. The monoisotopic (exact) mass is 643 g/mol. The van der Waals surface area contributed by atoms with Crippen LogP contribution in [0.3, 0.4) is 0 Å². The zero-order chi connectivity index (χ0) is 33.9. The summed E-state index contributed by atoms with van der Waals surface area (Å²) < 4.78 is 48.7. The van der Waals surface area contributed by atoms with Crippen LogP contribution in [-0.4, -0.2) is 45.9 Å². The van der Waals surface area contributed by atoms with Crippen LogP contribution < -0.4 is 5.73 Å². The van der Waals surface area contributed by atoms with Crippen LogP contribution >= 0.6 is 0 Å². The number of Topliss-reactive ketones (excluding diaryl/α,β-unsaturated/α-hetero) is 1. The second-order valence-electron chi connectivity index (χ2n) is 12.8. The average Bonchev–Trinajstić information content (AvgIpc) is 3.46. The molecule has 3 aromatic carbocycles. The first kappa shape index (κ1) is 33.4. The molecule has 0 spiro atoms. The molecule has 1 saturated heterocycles. The molecule has 7 nitrogen and oxygen atoms in total. The highest BCUT2D eigenvalue weighted by Gasteiger charge is 2.42. The average molecular weight is 644 g/mol. The maximum atomic E-state index is 14.4. The van der Waals surface area contributed by atoms with Gasteiger partial charge in [0.1, 0.15) is 23.1 Å². The van der Waals surface area contributed by atoms with Gasteiger partial charge in [-0.05, 0) is 80.6 Å². The zero-order valence-electron chi connectivity index (χ0n) is 26.4. The number of rotatable bonds is 9. The second kappa shape index (κ2) is 13.8. The Balaban J connectivity index is 1.54. The maximum absolute atomic E-state index is 14.4. The highest BCUT2D eigenvalue weighted by molar-refractivity contribution is 5.94. The van der Waals surface area contributed by atoms with Gasteiger partial charge in [-0.2, -0.15) is 0 Å². The first-order valence-corrected chi connectivity index (χ1v) is 15.4. The molecule has 1 aliphatic rings. The number of ketones is 1. The number of aromatic nitrogens is 1. The van der Waals surface area contributed by atoms with Crippen LogP contribution in [0.25, 0.3) is 11.1 Å². The van der Waals surface area contributed by atoms with Gasteiger partial charge in [0.25, 0.3) is 5.91 Å². The van der Waals surface area contributed by atoms with Gasteiger partial charge in [-0.25, -0.2) is 18.0 Å². The third-order valence-corrected chi connectivity index (χ3v) is 8.19. The number of amides is 2. The van der Waals surface area contributed by atoms with E-state index in [1.165, 1.54) is 35.4 Å². The lowest BCUT2D eigenvalue weighted by Gasteiger charge is -2.29. The highest BCUT2D eigenvalue weighted by atomic mass is 19.1. The highest BCUT2D eigenvalue weighted by Crippen LogP contribution is 2.38. The molecule has 0 radical (unpaired) electrons. The number of carbonyl (C=O) groups excluding carboxylic acids is 3. The molecule has 1 aliphatic heterocycles. The molecule has 2 amide bonds. The zero-order valence-corrected chi connectivity index (χ0v) is 26.4. The molecule has 2 N–H and O–H groups in total. The van der Waals surface area contributed by atoms with Crippen LogP contribution in [0, 0.1) is 17.5 Å². The third kappa shape index (κ3) is 8.06. The largest absolute Gasteiger partial charge is 0.444 e. The number of carbonyl (C=O) groups is 3. The predicted octanol–water partition coefficient (Wildman–Crippen LogP) is 7.34. The Morgan fingerprint density at radius 3 is 2.32 bits per heavy atom. The number of hydrogen-bond donors (Lipinski definition) is 1. The minimum absolute atomic E-state index is 0.0234. The van der Waals surface area contributed by atoms with E-state index in [4.69, 9.17) is 10.5 Å². The molecule has 0 aliphatic carbocycles. The predicted molar refractivity (Wildman–Crippen MR) is 171 cm³/mol. The van der Waals surface area contributed by atoms with Gasteiger partial charge in [-0.15, -0.1) is 0 Å². The first-order valence-electron chi connectivity index (χ1n) is 15.4. The molecule has 0 bridgehead atoms. The van der Waals surface area contributed by atoms with E-state index < -0.39 is 47.0 Å². The fourth-order valence-corrected chi connectivity index (χ4v) is 6.16. The summed E-state index contributed by atoms with van der Waals surface area (Å²) in [6.07, 6.45) is 1.15. The minimum Gasteiger partial charge on any atom is -0.444 e. The molecule has 10 heteroatoms. The summed E-state index contributed by atoms with van der Waals surface area (Å²) in [6.45, 7) is 5.53. The quantitative estimate of drug-likeness (QED) is 0.206. The van der Waals surface area contributed by atoms with Crippen LogP contribution in [0.5, 0.6) is 0 Å². The summed E-state index contributed by atoms with van der Waals surface area (Å²) in [7, 11) is 0. The summed E-state index contributed by atoms with van der Waals surface area (Å²) in [4.78, 5) is 45.7. The van der Waals surface area contributed by atoms with E-state index in [1.54, 1.807) is 32.9 Å². The van der Waals surface area contributed by atoms with Crippen molar-refractivity contribution in [3.05, 3.63) is 125 Å². The molecule has 3 atom stereocenters. The molecule has 244 valence electrons. The number of likely N-dealkylation sites (tertiary alicyclic amines) is 1. The summed E-state index contributed by atoms with van der Waals surface area (Å²) in [6, 6.07) is 19.2. The number of halogens is 3. The van der Waals surface area contributed by atoms with Crippen molar-refractivity contribution >= 4 is 17.8 Å². The topological polar surface area (TPSA) is 103 Å². The molecular weight excluding hydrogens is 607 g/mol. The van der Waals surface area contributed by atoms with Gasteiger partial charge in [0, 0.05) is 42.6 Å². The van der Waals surface area contributed by atoms with Gasteiger partial charge in [0.05, 0.1) is 17.3 Å². The van der Waals surface area contributed by atoms with E-state index in [9.17, 15) is 27.6 Å². The van der Waals surface area contributed by atoms with Crippen LogP contribution in [0.1, 0.15) is 72.6 Å². The van der Waals surface area contributed by atoms with E-state index >= 15 is 0 Å². The molecule has 4 aromatic rings. The van der Waals surface area contributed by atoms with Crippen molar-refractivity contribution in [1.82, 2.24) is 9.88 Å². The lowest BCUT2D eigenvalue weighted by Crippen LogP contribution is -2.43. The Morgan fingerprint density at radius 1 is 0.957 bits per heavy atom. The van der Waals surface area contributed by atoms with Crippen LogP contribution in [-0.2, 0) is 16.0 Å². The van der Waals surface area contributed by atoms with E-state index in [2.05, 4.69) is 4.98 Å². The molecule has 2 heterocycles. The number of hydrogen-bond acceptors (Lipinski definition) is 5. The van der Waals surface area contributed by atoms with Gasteiger partial charge in [-0.1, -0.05) is 42.5 Å². The molecule has 5 rings (SSSR count). The SMILES string of the molecule is CC(C)(C)OC(=O)N1C[C@@H](c2ccccc2)C[C@H]1C(=O)C[C@@H](Cc1cc(F)cc(F)c1)c1ncccc1-c1ccc(F)c(C(N)=O)c1. The Kier molecular flexibility index (Phi) is 9.79. The van der Waals surface area contributed by atoms with Crippen molar-refractivity contribution in [2.45, 2.75) is 63.5 Å². The number of nitrogens with two attached hydrogens (primary N) is 1. The fourth-order valence-electron chi connectivity index (χ4n) is 6.16. The van der Waals surface area contributed by atoms with E-state index in [0.29, 0.717) is 28.8 Å². The van der Waals surface area contributed by atoms with Gasteiger partial charge >= 0.3 is 6.09 Å². The third-order valence-electron chi connectivity index (χ3n) is 8.19. The molecule has 0 saturated carbocycles. The standard InChI is InChI=1S/C37H36F3N3O4/c1-37(2,3)47-36(46)43-21-26(23-8-5-4-6-9-23)18-32(43)33(44)19-25(14-22-15-27(38)20-28(39)16-22)34-29(10-7-13-42-34)24-11-12-31(40)30(17-24)35(41)45/h4-13,15-17,20,25-26,32H,14,18-19,21H2,1-3H3,(H2,41,45)/t25-,26+,32+/m1/s1. The van der Waals surface area contributed by atoms with Crippen molar-refractivity contribution in [3.63, 3.8) is 0 Å². The van der Waals surface area contributed by atoms with Gasteiger partial charge in [0.15, 0.2) is 5.78 Å². The Labute approximate surface area is 271 Å². The number of pyridine rings is 1. The number of primary amides is 1. The van der Waals surface area contributed by atoms with Crippen molar-refractivity contribution in [1.29, 1.82) is 0 Å². The normalized spacial score (nSPS) is 16.9. The first-order chi connectivity index (χ1) is 22.3. The van der Waals surface area contributed by atoms with Gasteiger partial charge < -0.3 is 10.5 Å². The number of ether oxygens (including phenoxy) is 1. The van der Waals surface area contributed by atoms with Gasteiger partial charge in [-0.3, -0.25) is 19.5 Å². The Hall–Kier alpha value is -4.99. The van der Waals surface area contributed by atoms with Crippen LogP contribution in [0.2, 0.25) is 0 Å². The second-order valence-corrected chi connectivity index (χ2v) is 12.8. The van der Waals surface area contributed by atoms with Crippen LogP contribution in [0.4, 0.5) is 18.0 Å². The maximum Gasteiger partial charge on any atom is 0.410 e. The van der Waals surface area contributed by atoms with Crippen molar-refractivity contribution < 1.29 is 32.3 Å². The van der Waals surface area contributed by atoms with Crippen molar-refractivity contribution in [2.75, 3.05) is 6.54 Å². The van der Waals surface area contributed by atoms with Crippen molar-refractivity contribution in [3.8, 4) is 11.1 Å².